The maximum atomic E-state index is 13.5. The fourth-order valence-corrected chi connectivity index (χ4v) is 1.76. The lowest BCUT2D eigenvalue weighted by Crippen LogP contribution is -2.14. The predicted octanol–water partition coefficient (Wildman–Crippen LogP) is 3.98. The highest BCUT2D eigenvalue weighted by Gasteiger charge is 2.12. The average Bonchev–Trinajstić information content (AvgIpc) is 2.33. The third-order valence-electron chi connectivity index (χ3n) is 2.30. The maximum Gasteiger partial charge on any atom is 0.258 e. The Hall–Kier alpha value is -1.75. The zero-order valence-corrected chi connectivity index (χ0v) is 10.7. The average molecular weight is 312 g/mol. The van der Waals surface area contributed by atoms with Gasteiger partial charge in [0.2, 0.25) is 0 Å². The fraction of sp³-hybridized carbons (Fsp3) is 0. The first-order valence-electron chi connectivity index (χ1n) is 5.09. The Morgan fingerprint density at radius 1 is 1.06 bits per heavy atom. The molecule has 2 rings (SSSR count). The van der Waals surface area contributed by atoms with Gasteiger partial charge in [-0.25, -0.2) is 8.78 Å². The molecule has 0 radical (unpaired) electrons. The van der Waals surface area contributed by atoms with Crippen LogP contribution in [0.3, 0.4) is 0 Å². The van der Waals surface area contributed by atoms with Crippen LogP contribution in [-0.2, 0) is 0 Å². The van der Waals surface area contributed by atoms with Gasteiger partial charge in [0.25, 0.3) is 5.91 Å². The van der Waals surface area contributed by atoms with Crippen LogP contribution in [-0.4, -0.2) is 5.91 Å². The van der Waals surface area contributed by atoms with E-state index < -0.39 is 17.5 Å². The van der Waals surface area contributed by atoms with E-state index in [9.17, 15) is 13.6 Å². The molecule has 0 spiro atoms. The highest BCUT2D eigenvalue weighted by atomic mass is 79.9. The summed E-state index contributed by atoms with van der Waals surface area (Å²) in [6.07, 6.45) is 0. The Balaban J connectivity index is 2.24. The second kappa shape index (κ2) is 5.27. The summed E-state index contributed by atoms with van der Waals surface area (Å²) in [5.74, 6) is -1.92. The van der Waals surface area contributed by atoms with E-state index in [1.54, 1.807) is 6.07 Å². The van der Waals surface area contributed by atoms with Gasteiger partial charge < -0.3 is 5.32 Å². The van der Waals surface area contributed by atoms with E-state index in [2.05, 4.69) is 21.2 Å². The van der Waals surface area contributed by atoms with Gasteiger partial charge >= 0.3 is 0 Å². The molecule has 0 aliphatic carbocycles. The highest BCUT2D eigenvalue weighted by Crippen LogP contribution is 2.20. The quantitative estimate of drug-likeness (QED) is 0.893. The number of hydrogen-bond donors (Lipinski definition) is 1. The van der Waals surface area contributed by atoms with Crippen LogP contribution in [0.4, 0.5) is 14.5 Å². The number of hydrogen-bond acceptors (Lipinski definition) is 1. The normalized spacial score (nSPS) is 10.2. The van der Waals surface area contributed by atoms with Crippen molar-refractivity contribution in [1.82, 2.24) is 0 Å². The van der Waals surface area contributed by atoms with Gasteiger partial charge in [0, 0.05) is 4.47 Å². The van der Waals surface area contributed by atoms with Crippen molar-refractivity contribution in [2.24, 2.45) is 0 Å². The second-order valence-corrected chi connectivity index (χ2v) is 4.47. The minimum atomic E-state index is -0.686. The standard InChI is InChI=1S/C13H8BrF2NO/c14-8-5-6-12(11(16)7-8)17-13(18)9-3-1-2-4-10(9)15/h1-7H,(H,17,18). The van der Waals surface area contributed by atoms with Crippen molar-refractivity contribution < 1.29 is 13.6 Å². The van der Waals surface area contributed by atoms with Crippen molar-refractivity contribution >= 4 is 27.5 Å². The van der Waals surface area contributed by atoms with E-state index >= 15 is 0 Å². The Labute approximate surface area is 111 Å². The van der Waals surface area contributed by atoms with Crippen LogP contribution in [0.5, 0.6) is 0 Å². The minimum absolute atomic E-state index is 0.00598. The highest BCUT2D eigenvalue weighted by molar-refractivity contribution is 9.10. The minimum Gasteiger partial charge on any atom is -0.319 e. The summed E-state index contributed by atoms with van der Waals surface area (Å²) in [7, 11) is 0. The number of anilines is 1. The van der Waals surface area contributed by atoms with E-state index in [-0.39, 0.29) is 11.3 Å². The summed E-state index contributed by atoms with van der Waals surface area (Å²) in [6.45, 7) is 0. The lowest BCUT2D eigenvalue weighted by atomic mass is 10.2. The zero-order chi connectivity index (χ0) is 13.1. The molecule has 0 aliphatic heterocycles. The Kier molecular flexibility index (Phi) is 3.72. The van der Waals surface area contributed by atoms with Crippen LogP contribution < -0.4 is 5.32 Å². The molecule has 92 valence electrons. The number of nitrogens with one attached hydrogen (secondary N) is 1. The summed E-state index contributed by atoms with van der Waals surface area (Å²) in [5.41, 5.74) is -0.119. The first kappa shape index (κ1) is 12.7. The molecule has 1 amide bonds. The number of amides is 1. The predicted molar refractivity (Wildman–Crippen MR) is 68.5 cm³/mol. The van der Waals surface area contributed by atoms with Crippen LogP contribution in [0.15, 0.2) is 46.9 Å². The molecular formula is C13H8BrF2NO. The number of carbonyl (C=O) groups excluding carboxylic acids is 1. The van der Waals surface area contributed by atoms with Gasteiger partial charge in [-0.2, -0.15) is 0 Å². The molecule has 18 heavy (non-hydrogen) atoms. The number of halogens is 3. The lowest BCUT2D eigenvalue weighted by molar-refractivity contribution is 0.102. The number of rotatable bonds is 2. The van der Waals surface area contributed by atoms with Crippen molar-refractivity contribution in [1.29, 1.82) is 0 Å². The first-order chi connectivity index (χ1) is 8.58. The van der Waals surface area contributed by atoms with Crippen molar-refractivity contribution in [2.75, 3.05) is 5.32 Å². The smallest absolute Gasteiger partial charge is 0.258 e. The summed E-state index contributed by atoms with van der Waals surface area (Å²) in [4.78, 5) is 11.7. The van der Waals surface area contributed by atoms with Crippen LogP contribution in [0, 0.1) is 11.6 Å². The van der Waals surface area contributed by atoms with Crippen molar-refractivity contribution in [2.45, 2.75) is 0 Å². The molecule has 0 saturated heterocycles. The summed E-state index contributed by atoms with van der Waals surface area (Å²) in [6, 6.07) is 9.73. The van der Waals surface area contributed by atoms with E-state index in [1.165, 1.54) is 36.4 Å². The van der Waals surface area contributed by atoms with Gasteiger partial charge in [-0.15, -0.1) is 0 Å². The topological polar surface area (TPSA) is 29.1 Å². The summed E-state index contributed by atoms with van der Waals surface area (Å²) < 4.78 is 27.4. The first-order valence-corrected chi connectivity index (χ1v) is 5.88. The molecular weight excluding hydrogens is 304 g/mol. The molecule has 0 fully saturated rings. The van der Waals surface area contributed by atoms with E-state index in [1.807, 2.05) is 0 Å². The van der Waals surface area contributed by atoms with E-state index in [0.717, 1.165) is 0 Å². The molecule has 0 atom stereocenters. The molecule has 2 aromatic rings. The Morgan fingerprint density at radius 2 is 1.78 bits per heavy atom. The molecule has 0 heterocycles. The molecule has 0 aliphatic rings. The zero-order valence-electron chi connectivity index (χ0n) is 9.08. The molecule has 2 nitrogen and oxygen atoms in total. The van der Waals surface area contributed by atoms with Gasteiger partial charge in [-0.05, 0) is 30.3 Å². The SMILES string of the molecule is O=C(Nc1ccc(Br)cc1F)c1ccccc1F. The van der Waals surface area contributed by atoms with Crippen LogP contribution in [0.2, 0.25) is 0 Å². The van der Waals surface area contributed by atoms with Crippen molar-refractivity contribution in [3.63, 3.8) is 0 Å². The lowest BCUT2D eigenvalue weighted by Gasteiger charge is -2.07. The molecule has 2 aromatic carbocycles. The summed E-state index contributed by atoms with van der Waals surface area (Å²) in [5, 5.41) is 2.32. The largest absolute Gasteiger partial charge is 0.319 e. The number of carbonyl (C=O) groups is 1. The molecule has 5 heteroatoms. The molecule has 0 saturated carbocycles. The van der Waals surface area contributed by atoms with E-state index in [0.29, 0.717) is 4.47 Å². The second-order valence-electron chi connectivity index (χ2n) is 3.56. The van der Waals surface area contributed by atoms with Crippen LogP contribution in [0.1, 0.15) is 10.4 Å². The molecule has 0 bridgehead atoms. The van der Waals surface area contributed by atoms with Crippen LogP contribution >= 0.6 is 15.9 Å². The fourth-order valence-electron chi connectivity index (χ4n) is 1.43. The van der Waals surface area contributed by atoms with Gasteiger partial charge in [0.05, 0.1) is 11.3 Å². The van der Waals surface area contributed by atoms with Gasteiger partial charge in [0.15, 0.2) is 0 Å². The third kappa shape index (κ3) is 2.73. The van der Waals surface area contributed by atoms with Gasteiger partial charge in [0.1, 0.15) is 11.6 Å². The monoisotopic (exact) mass is 311 g/mol. The Bertz CT molecular complexity index is 601. The Morgan fingerprint density at radius 3 is 2.44 bits per heavy atom. The maximum absolute atomic E-state index is 13.5. The molecule has 0 unspecified atom stereocenters. The van der Waals surface area contributed by atoms with E-state index in [4.69, 9.17) is 0 Å². The molecule has 0 aromatic heterocycles. The van der Waals surface area contributed by atoms with Crippen molar-refractivity contribution in [3.05, 3.63) is 64.1 Å². The third-order valence-corrected chi connectivity index (χ3v) is 2.79. The number of benzene rings is 2. The van der Waals surface area contributed by atoms with Crippen molar-refractivity contribution in [3.8, 4) is 0 Å². The summed E-state index contributed by atoms with van der Waals surface area (Å²) >= 11 is 3.11. The van der Waals surface area contributed by atoms with Gasteiger partial charge in [-0.3, -0.25) is 4.79 Å². The van der Waals surface area contributed by atoms with Gasteiger partial charge in [-0.1, -0.05) is 28.1 Å². The molecule has 1 N–H and O–H groups in total. The van der Waals surface area contributed by atoms with Crippen LogP contribution in [0.25, 0.3) is 0 Å².